The number of aliphatic hydroxyl groups excluding tert-OH is 1. The first-order valence-corrected chi connectivity index (χ1v) is 51.2. The first kappa shape index (κ1) is 107. The molecule has 3 aliphatic carbocycles. The van der Waals surface area contributed by atoms with E-state index in [4.69, 9.17) is 73.9 Å². The Kier molecular flexibility index (Phi) is 38.1. The average molecular weight is 2040 g/mol. The van der Waals surface area contributed by atoms with Crippen molar-refractivity contribution in [2.75, 3.05) is 56.1 Å². The average Bonchev–Trinajstić information content (AvgIpc) is 1.63. The summed E-state index contributed by atoms with van der Waals surface area (Å²) < 4.78 is 79.8. The summed E-state index contributed by atoms with van der Waals surface area (Å²) in [6.07, 6.45) is 12.3. The standard InChI is InChI=1S/C32H40BClN4O5S.C31H39BClN5O8S2.C31H38BClN4O6S.CH3F/c1-6-19-11-22(13-26(19)43-32(40)28(17(2)3)38-33(5)41)37-31-25(15-35-16-36-31)29(39)27-14-23(18(4)44-27)30-24-12-21(34)8-7-20(24)9-10-42-30;1-16(2)27(38-32(4)41)31(40)46-25-11-21(9-19(25)14-45-48(34,42)43)37-30-24(13-35-15-36-30)28(39)26-12-22(17(3)47-26)29-23-10-20(33)6-5-18(23)7-8-44-29;1-16(2)27(37-32(4)41)31(40)43-25-11-21(9-19(25)14-38)36-30-24(13-34-15-35-30)28(39)26-12-22(17(3)44-26)29-23-10-20(33)6-5-18(23)7-8-42-29;1-2/h7-8,12,14-17,19,22,26,28,30,38,41H,6,9-11,13H2,1-5H3,(H,35,36,37);5-6,10,12-13,15-16,19,21,25,27,29,38,41H,7-9,11,14H2,1-4H3,(H2,34,42,43)(H,35,36,37);5-6,10,12-13,15-16,19,21,25,27,29,37-38,41H,7-9,11,14H2,1-4H3,(H,34,35,36);1H3/t19-,22+,26-,28-,30-;2*19-,21-,25+,27+,29+;/m011./s1/i;;;1D. The van der Waals surface area contributed by atoms with Crippen LogP contribution in [0.4, 0.5) is 21.8 Å². The van der Waals surface area contributed by atoms with Gasteiger partial charge in [0.15, 0.2) is 0 Å². The molecule has 43 heteroatoms. The molecule has 0 unspecified atom stereocenters. The van der Waals surface area contributed by atoms with Gasteiger partial charge >= 0.3 is 49.4 Å². The van der Waals surface area contributed by atoms with Crippen LogP contribution in [0.3, 0.4) is 0 Å². The van der Waals surface area contributed by atoms with Gasteiger partial charge in [0.05, 0.1) is 66.3 Å². The van der Waals surface area contributed by atoms with E-state index >= 15 is 0 Å². The van der Waals surface area contributed by atoms with Crippen molar-refractivity contribution < 1.29 is 95.7 Å². The summed E-state index contributed by atoms with van der Waals surface area (Å²) in [6, 6.07) is 20.5. The second kappa shape index (κ2) is 49.3. The lowest BCUT2D eigenvalue weighted by atomic mass is 9.85. The Morgan fingerprint density at radius 2 is 0.797 bits per heavy atom. The largest absolute Gasteiger partial charge is 0.461 e. The van der Waals surface area contributed by atoms with Crippen LogP contribution in [-0.4, -0.2) is 210 Å². The number of aliphatic hydroxyl groups is 1. The van der Waals surface area contributed by atoms with Crippen molar-refractivity contribution in [3.8, 4) is 0 Å². The molecule has 0 bridgehead atoms. The number of ether oxygens (including phenoxy) is 6. The van der Waals surface area contributed by atoms with Crippen LogP contribution < -0.4 is 36.8 Å². The highest BCUT2D eigenvalue weighted by Crippen LogP contribution is 2.46. The van der Waals surface area contributed by atoms with E-state index in [9.17, 15) is 61.8 Å². The fraction of sp³-hybridized carbons (Fsp3) is 0.495. The molecule has 6 aliphatic rings. The molecule has 12 N–H and O–H groups in total. The van der Waals surface area contributed by atoms with E-state index in [0.717, 1.165) is 85.7 Å². The van der Waals surface area contributed by atoms with Gasteiger partial charge < -0.3 is 80.2 Å². The highest BCUT2D eigenvalue weighted by Gasteiger charge is 2.45. The lowest BCUT2D eigenvalue weighted by Gasteiger charge is -2.26. The number of carbonyl (C=O) groups excluding carboxylic acids is 6. The maximum atomic E-state index is 13.9. The summed E-state index contributed by atoms with van der Waals surface area (Å²) in [5.41, 5.74) is 10.3. The number of hydrogen-bond acceptors (Lipinski definition) is 34. The smallest absolute Gasteiger partial charge is 0.374 e. The second-order valence-electron chi connectivity index (χ2n) is 36.4. The number of thiophene rings is 3. The van der Waals surface area contributed by atoms with Gasteiger partial charge in [0.25, 0.3) is 0 Å². The fourth-order valence-electron chi connectivity index (χ4n) is 18.5. The quantitative estimate of drug-likeness (QED) is 0.00760. The third-order valence-corrected chi connectivity index (χ3v) is 29.7. The number of anilines is 3. The van der Waals surface area contributed by atoms with Gasteiger partial charge in [-0.15, -0.1) is 34.0 Å². The van der Waals surface area contributed by atoms with Crippen LogP contribution in [0.5, 0.6) is 0 Å². The van der Waals surface area contributed by atoms with Crippen LogP contribution in [0, 0.1) is 56.3 Å². The zero-order valence-corrected chi connectivity index (χ0v) is 84.7. The normalized spacial score (nSPS) is 21.6. The maximum absolute atomic E-state index is 13.9. The van der Waals surface area contributed by atoms with Gasteiger partial charge in [0, 0.05) is 104 Å². The van der Waals surface area contributed by atoms with E-state index < -0.39 is 86.8 Å². The summed E-state index contributed by atoms with van der Waals surface area (Å²) in [4.78, 5) is 111. The number of aromatic nitrogens is 6. The van der Waals surface area contributed by atoms with Gasteiger partial charge in [-0.2, -0.15) is 8.42 Å². The van der Waals surface area contributed by atoms with Crippen molar-refractivity contribution in [1.82, 2.24) is 45.6 Å². The Bertz CT molecular complexity index is 5680. The maximum Gasteiger partial charge on any atom is 0.374 e. The van der Waals surface area contributed by atoms with Crippen LogP contribution in [-0.2, 0) is 76.6 Å². The molecule has 3 aliphatic heterocycles. The number of fused-ring (bicyclic) bond motifs is 3. The number of aryl methyl sites for hydroxylation is 3. The number of esters is 3. The van der Waals surface area contributed by atoms with Gasteiger partial charge in [-0.05, 0) is 215 Å². The highest BCUT2D eigenvalue weighted by atomic mass is 35.5. The molecule has 138 heavy (non-hydrogen) atoms. The molecular weight excluding hydrogens is 1910 g/mol. The molecule has 32 nitrogen and oxygen atoms in total. The van der Waals surface area contributed by atoms with Crippen LogP contribution in [0.1, 0.15) is 224 Å². The molecule has 740 valence electrons. The van der Waals surface area contributed by atoms with Crippen LogP contribution in [0.15, 0.2) is 110 Å². The zero-order valence-electron chi connectivity index (χ0n) is 80.1. The van der Waals surface area contributed by atoms with Crippen molar-refractivity contribution >= 4 is 153 Å². The van der Waals surface area contributed by atoms with Crippen molar-refractivity contribution in [2.45, 2.75) is 227 Å². The highest BCUT2D eigenvalue weighted by molar-refractivity contribution is 7.84. The van der Waals surface area contributed by atoms with Crippen molar-refractivity contribution in [3.05, 3.63) is 221 Å². The van der Waals surface area contributed by atoms with Gasteiger partial charge in [-0.1, -0.05) is 101 Å². The molecule has 0 spiro atoms. The van der Waals surface area contributed by atoms with Gasteiger partial charge in [0.2, 0.25) is 17.3 Å². The van der Waals surface area contributed by atoms with Crippen LogP contribution in [0.2, 0.25) is 35.5 Å². The van der Waals surface area contributed by atoms with Gasteiger partial charge in [0.1, 0.15) is 91.2 Å². The molecule has 3 fully saturated rings. The predicted octanol–water partition coefficient (Wildman–Crippen LogP) is 13.9. The number of halogens is 4. The van der Waals surface area contributed by atoms with E-state index in [1.165, 1.54) is 83.3 Å². The number of benzene rings is 3. The second-order valence-corrected chi connectivity index (χ2v) is 42.7. The molecule has 0 amide bonds. The van der Waals surface area contributed by atoms with E-state index in [1.54, 1.807) is 19.8 Å². The minimum Gasteiger partial charge on any atom is -0.461 e. The number of carbonyl (C=O) groups is 6. The number of ketones is 3. The Balaban J connectivity index is 0.000000184. The Hall–Kier alpha value is -8.72. The fourth-order valence-corrected chi connectivity index (χ4v) is 22.4. The molecule has 9 aromatic rings. The van der Waals surface area contributed by atoms with E-state index in [-0.39, 0.29) is 126 Å². The van der Waals surface area contributed by atoms with E-state index in [2.05, 4.69) is 68.5 Å². The topological polar surface area (TPSA) is 458 Å². The van der Waals surface area contributed by atoms with Gasteiger partial charge in [-0.25, -0.2) is 35.0 Å². The van der Waals surface area contributed by atoms with E-state index in [0.29, 0.717) is 98.0 Å². The summed E-state index contributed by atoms with van der Waals surface area (Å²) in [6.45, 7) is 25.1. The zero-order chi connectivity index (χ0) is 101. The summed E-state index contributed by atoms with van der Waals surface area (Å²) in [5, 5.41) is 65.1. The predicted molar refractivity (Wildman–Crippen MR) is 533 cm³/mol. The van der Waals surface area contributed by atoms with Crippen molar-refractivity contribution in [1.29, 1.82) is 0 Å². The Labute approximate surface area is 833 Å². The lowest BCUT2D eigenvalue weighted by molar-refractivity contribution is -0.155. The summed E-state index contributed by atoms with van der Waals surface area (Å²) >= 11 is 23.1. The van der Waals surface area contributed by atoms with E-state index in [1.807, 2.05) is 135 Å². The molecular formula is C95H120B3Cl3FN13O19S4. The van der Waals surface area contributed by atoms with Crippen molar-refractivity contribution in [2.24, 2.45) is 40.6 Å². The SMILES string of the molecule is CB(O)N[C@H](C(=O)O[C@H]1C[C@H](Nc2ncncc2C(=O)c2cc([C@@H]3OCCc4ccc(Cl)cc43)c(C)s2)C[C@@H]1CO)C(C)C.CB(O)N[C@H](C(=O)O[C@H]1C[C@H](Nc2ncncc2C(=O)c2cc([C@@H]3OCCc4ccc(Cl)cc43)c(C)s2)C[C@@H]1COS(N)(=O)=O)C(C)C.CC[C@H]1C[C@@H](Nc2ncncc2C(=O)c2cc([C@@H]3OCCc4ccc(Cl)cc43)c(C)s2)C[C@@H]1OC(=O)[C@@H](NB(C)O)C(C)C.[2H]CF. The third kappa shape index (κ3) is 27.6. The molecule has 3 aromatic carbocycles. The number of alkyl halides is 1. The van der Waals surface area contributed by atoms with Gasteiger partial charge in [-0.3, -0.25) is 37.3 Å². The van der Waals surface area contributed by atoms with Crippen molar-refractivity contribution in [3.63, 3.8) is 0 Å². The molecule has 3 saturated carbocycles. The molecule has 15 rings (SSSR count). The number of nitrogens with one attached hydrogen (secondary N) is 6. The Morgan fingerprint density at radius 1 is 0.500 bits per heavy atom. The minimum atomic E-state index is -4.25. The van der Waals surface area contributed by atoms with Crippen LogP contribution >= 0.6 is 68.8 Å². The summed E-state index contributed by atoms with van der Waals surface area (Å²) in [7, 11) is -7.90. The number of rotatable bonds is 35. The first-order valence-electron chi connectivity index (χ1n) is 46.8. The molecule has 0 radical (unpaired) electrons. The number of nitrogens with two attached hydrogens (primary N) is 1. The summed E-state index contributed by atoms with van der Waals surface area (Å²) in [5.74, 6) is -1.96. The first-order chi connectivity index (χ1) is 66.2. The molecule has 15 atom stereocenters. The van der Waals surface area contributed by atoms with Crippen LogP contribution in [0.25, 0.3) is 0 Å². The third-order valence-electron chi connectivity index (χ3n) is 25.3. The number of nitrogens with zero attached hydrogens (tertiary/aromatic N) is 6. The molecule has 6 aromatic heterocycles. The molecule has 0 saturated heterocycles. The minimum absolute atomic E-state index is 0.0410. The monoisotopic (exact) mass is 2030 g/mol. The Morgan fingerprint density at radius 3 is 1.09 bits per heavy atom. The number of hydrogen-bond donors (Lipinski definition) is 11. The molecule has 9 heterocycles. The lowest BCUT2D eigenvalue weighted by Crippen LogP contribution is -2.49.